The molecule has 2 aromatic rings. The van der Waals surface area contributed by atoms with Gasteiger partial charge in [0.25, 0.3) is 0 Å². The summed E-state index contributed by atoms with van der Waals surface area (Å²) in [6, 6.07) is 12.1. The highest BCUT2D eigenvalue weighted by atomic mass is 35.5. The molecule has 0 aliphatic heterocycles. The van der Waals surface area contributed by atoms with E-state index >= 15 is 0 Å². The average Bonchev–Trinajstić information content (AvgIpc) is 2.68. The molecule has 29 heavy (non-hydrogen) atoms. The second kappa shape index (κ2) is 11.1. The fourth-order valence-corrected chi connectivity index (χ4v) is 3.71. The van der Waals surface area contributed by atoms with Crippen molar-refractivity contribution in [3.05, 3.63) is 52.5 Å². The van der Waals surface area contributed by atoms with E-state index in [1.165, 1.54) is 23.6 Å². The number of nitrogens with zero attached hydrogens (tertiary/aromatic N) is 1. The summed E-state index contributed by atoms with van der Waals surface area (Å²) in [5.41, 5.74) is 1.02. The van der Waals surface area contributed by atoms with Gasteiger partial charge in [-0.05, 0) is 43.3 Å². The summed E-state index contributed by atoms with van der Waals surface area (Å²) in [7, 11) is 0. The number of anilines is 2. The number of para-hydroxylation sites is 1. The Kier molecular flexibility index (Phi) is 8.82. The molecule has 6 nitrogen and oxygen atoms in total. The summed E-state index contributed by atoms with van der Waals surface area (Å²) in [5.74, 6) is -0.493. The number of likely N-dealkylation sites (N-methyl/N-ethyl adjacent to an activating group) is 1. The van der Waals surface area contributed by atoms with Gasteiger partial charge in [-0.3, -0.25) is 14.4 Å². The molecule has 2 rings (SSSR count). The van der Waals surface area contributed by atoms with E-state index in [0.717, 1.165) is 4.90 Å². The SMILES string of the molecule is CCN(CC(=O)Nc1c(Cl)cccc1Cl)C(=O)CSc1ccc(NC(C)=O)cc1. The summed E-state index contributed by atoms with van der Waals surface area (Å²) in [4.78, 5) is 38.2. The van der Waals surface area contributed by atoms with Crippen molar-refractivity contribution in [3.63, 3.8) is 0 Å². The summed E-state index contributed by atoms with van der Waals surface area (Å²) in [6.45, 7) is 3.54. The third kappa shape index (κ3) is 7.27. The van der Waals surface area contributed by atoms with E-state index in [0.29, 0.717) is 28.0 Å². The summed E-state index contributed by atoms with van der Waals surface area (Å²) >= 11 is 13.5. The van der Waals surface area contributed by atoms with Crippen molar-refractivity contribution in [1.29, 1.82) is 0 Å². The first kappa shape index (κ1) is 23.1. The van der Waals surface area contributed by atoms with Crippen LogP contribution in [-0.4, -0.2) is 41.5 Å². The zero-order valence-electron chi connectivity index (χ0n) is 16.0. The maximum Gasteiger partial charge on any atom is 0.244 e. The average molecular weight is 454 g/mol. The molecular weight excluding hydrogens is 433 g/mol. The van der Waals surface area contributed by atoms with Crippen LogP contribution in [0.1, 0.15) is 13.8 Å². The topological polar surface area (TPSA) is 78.5 Å². The highest BCUT2D eigenvalue weighted by molar-refractivity contribution is 8.00. The van der Waals surface area contributed by atoms with Crippen LogP contribution in [0.15, 0.2) is 47.4 Å². The smallest absolute Gasteiger partial charge is 0.244 e. The van der Waals surface area contributed by atoms with Crippen LogP contribution in [0.5, 0.6) is 0 Å². The molecule has 0 fully saturated rings. The van der Waals surface area contributed by atoms with Gasteiger partial charge >= 0.3 is 0 Å². The number of carbonyl (C=O) groups excluding carboxylic acids is 3. The largest absolute Gasteiger partial charge is 0.333 e. The molecule has 2 aromatic carbocycles. The van der Waals surface area contributed by atoms with E-state index in [1.54, 1.807) is 37.3 Å². The van der Waals surface area contributed by atoms with Crippen molar-refractivity contribution in [3.8, 4) is 0 Å². The Labute approximate surface area is 183 Å². The molecule has 0 saturated carbocycles. The number of thioether (sulfide) groups is 1. The van der Waals surface area contributed by atoms with Crippen molar-refractivity contribution >= 4 is 64.1 Å². The van der Waals surface area contributed by atoms with Gasteiger partial charge in [-0.1, -0.05) is 29.3 Å². The standard InChI is InChI=1S/C20H21Cl2N3O3S/c1-3-25(11-18(27)24-20-16(21)5-4-6-17(20)22)19(28)12-29-15-9-7-14(8-10-15)23-13(2)26/h4-10H,3,11-12H2,1-2H3,(H,23,26)(H,24,27). The summed E-state index contributed by atoms with van der Waals surface area (Å²) < 4.78 is 0. The molecule has 9 heteroatoms. The van der Waals surface area contributed by atoms with Gasteiger partial charge in [-0.25, -0.2) is 0 Å². The van der Waals surface area contributed by atoms with E-state index in [-0.39, 0.29) is 30.0 Å². The molecule has 0 spiro atoms. The van der Waals surface area contributed by atoms with Crippen LogP contribution in [0.3, 0.4) is 0 Å². The summed E-state index contributed by atoms with van der Waals surface area (Å²) in [6.07, 6.45) is 0. The molecule has 2 N–H and O–H groups in total. The first-order chi connectivity index (χ1) is 13.8. The minimum Gasteiger partial charge on any atom is -0.333 e. The van der Waals surface area contributed by atoms with Crippen LogP contribution in [0, 0.1) is 0 Å². The van der Waals surface area contributed by atoms with Crippen LogP contribution in [0.2, 0.25) is 10.0 Å². The fourth-order valence-electron chi connectivity index (χ4n) is 2.42. The van der Waals surface area contributed by atoms with Gasteiger partial charge in [0, 0.05) is 24.1 Å². The van der Waals surface area contributed by atoms with Crippen molar-refractivity contribution in [2.75, 3.05) is 29.5 Å². The summed E-state index contributed by atoms with van der Waals surface area (Å²) in [5, 5.41) is 6.01. The van der Waals surface area contributed by atoms with Crippen molar-refractivity contribution < 1.29 is 14.4 Å². The molecule has 0 aliphatic rings. The van der Waals surface area contributed by atoms with Crippen LogP contribution >= 0.6 is 35.0 Å². The number of rotatable bonds is 8. The van der Waals surface area contributed by atoms with Gasteiger partial charge in [-0.15, -0.1) is 11.8 Å². The first-order valence-corrected chi connectivity index (χ1v) is 10.6. The third-order valence-electron chi connectivity index (χ3n) is 3.83. The Balaban J connectivity index is 1.89. The number of benzene rings is 2. The van der Waals surface area contributed by atoms with E-state index < -0.39 is 0 Å². The minimum absolute atomic E-state index is 0.0983. The maximum absolute atomic E-state index is 12.5. The molecule has 0 heterocycles. The highest BCUT2D eigenvalue weighted by Crippen LogP contribution is 2.29. The first-order valence-electron chi connectivity index (χ1n) is 8.82. The second-order valence-electron chi connectivity index (χ2n) is 6.05. The molecule has 3 amide bonds. The van der Waals surface area contributed by atoms with Crippen molar-refractivity contribution in [2.45, 2.75) is 18.7 Å². The lowest BCUT2D eigenvalue weighted by molar-refractivity contribution is -0.132. The van der Waals surface area contributed by atoms with E-state index in [2.05, 4.69) is 10.6 Å². The Morgan fingerprint density at radius 2 is 1.62 bits per heavy atom. The minimum atomic E-state index is -0.375. The molecular formula is C20H21Cl2N3O3S. The van der Waals surface area contributed by atoms with Crippen molar-refractivity contribution in [1.82, 2.24) is 4.90 Å². The molecule has 0 radical (unpaired) electrons. The lowest BCUT2D eigenvalue weighted by atomic mass is 10.3. The van der Waals surface area contributed by atoms with Crippen LogP contribution < -0.4 is 10.6 Å². The van der Waals surface area contributed by atoms with Crippen molar-refractivity contribution in [2.24, 2.45) is 0 Å². The zero-order chi connectivity index (χ0) is 21.4. The third-order valence-corrected chi connectivity index (χ3v) is 5.46. The Morgan fingerprint density at radius 1 is 1.00 bits per heavy atom. The quantitative estimate of drug-likeness (QED) is 0.575. The number of nitrogens with one attached hydrogen (secondary N) is 2. The van der Waals surface area contributed by atoms with Gasteiger partial charge in [0.05, 0.1) is 28.0 Å². The maximum atomic E-state index is 12.5. The predicted molar refractivity (Wildman–Crippen MR) is 119 cm³/mol. The van der Waals surface area contributed by atoms with Crippen LogP contribution in [-0.2, 0) is 14.4 Å². The number of carbonyl (C=O) groups is 3. The molecule has 0 aliphatic carbocycles. The monoisotopic (exact) mass is 453 g/mol. The Morgan fingerprint density at radius 3 is 2.17 bits per heavy atom. The highest BCUT2D eigenvalue weighted by Gasteiger charge is 2.17. The zero-order valence-corrected chi connectivity index (χ0v) is 18.3. The molecule has 154 valence electrons. The van der Waals surface area contributed by atoms with Gasteiger partial charge in [0.2, 0.25) is 17.7 Å². The normalized spacial score (nSPS) is 10.3. The Hall–Kier alpha value is -2.22. The van der Waals surface area contributed by atoms with E-state index in [1.807, 2.05) is 12.1 Å². The predicted octanol–water partition coefficient (Wildman–Crippen LogP) is 4.53. The van der Waals surface area contributed by atoms with Gasteiger partial charge < -0.3 is 15.5 Å². The van der Waals surface area contributed by atoms with Gasteiger partial charge in [-0.2, -0.15) is 0 Å². The molecule has 0 bridgehead atoms. The van der Waals surface area contributed by atoms with E-state index in [9.17, 15) is 14.4 Å². The lowest BCUT2D eigenvalue weighted by Gasteiger charge is -2.20. The van der Waals surface area contributed by atoms with Gasteiger partial charge in [0.15, 0.2) is 0 Å². The molecule has 0 aromatic heterocycles. The number of hydrogen-bond donors (Lipinski definition) is 2. The second-order valence-corrected chi connectivity index (χ2v) is 7.91. The molecule has 0 unspecified atom stereocenters. The number of amides is 3. The fraction of sp³-hybridized carbons (Fsp3) is 0.250. The van der Waals surface area contributed by atoms with Crippen LogP contribution in [0.25, 0.3) is 0 Å². The van der Waals surface area contributed by atoms with Gasteiger partial charge in [0.1, 0.15) is 0 Å². The molecule has 0 atom stereocenters. The number of hydrogen-bond acceptors (Lipinski definition) is 4. The number of halogens is 2. The molecule has 0 saturated heterocycles. The van der Waals surface area contributed by atoms with Crippen LogP contribution in [0.4, 0.5) is 11.4 Å². The Bertz CT molecular complexity index is 871. The van der Waals surface area contributed by atoms with E-state index in [4.69, 9.17) is 23.2 Å². The lowest BCUT2D eigenvalue weighted by Crippen LogP contribution is -2.38.